The van der Waals surface area contributed by atoms with Crippen LogP contribution in [-0.2, 0) is 0 Å². The maximum atomic E-state index is 3.68. The van der Waals surface area contributed by atoms with E-state index >= 15 is 0 Å². The van der Waals surface area contributed by atoms with Gasteiger partial charge < -0.3 is 9.80 Å². The second-order valence-electron chi connectivity index (χ2n) is 17.0. The highest BCUT2D eigenvalue weighted by atomic mass is 79.9. The molecule has 67 heavy (non-hydrogen) atoms. The zero-order valence-corrected chi connectivity index (χ0v) is 41.6. The summed E-state index contributed by atoms with van der Waals surface area (Å²) in [5.74, 6) is 0. The van der Waals surface area contributed by atoms with Gasteiger partial charge in [0.05, 0.1) is 0 Å². The Morgan fingerprint density at radius 2 is 0.478 bits per heavy atom. The molecule has 10 aromatic carbocycles. The lowest BCUT2D eigenvalue weighted by Crippen LogP contribution is -2.74. The Kier molecular flexibility index (Phi) is 12.7. The van der Waals surface area contributed by atoms with Gasteiger partial charge >= 0.3 is 0 Å². The van der Waals surface area contributed by atoms with E-state index in [-0.39, 0.29) is 0 Å². The van der Waals surface area contributed by atoms with Crippen molar-refractivity contribution in [3.8, 4) is 22.3 Å². The molecule has 0 unspecified atom stereocenters. The Labute approximate surface area is 412 Å². The average molecular weight is 1010 g/mol. The van der Waals surface area contributed by atoms with E-state index in [1.807, 2.05) is 0 Å². The van der Waals surface area contributed by atoms with Gasteiger partial charge in [0.25, 0.3) is 0 Å². The Bertz CT molecular complexity index is 2970. The highest BCUT2D eigenvalue weighted by molar-refractivity contribution is 9.10. The monoisotopic (exact) mass is 1010 g/mol. The lowest BCUT2D eigenvalue weighted by Gasteiger charge is -2.35. The fourth-order valence-electron chi connectivity index (χ4n) is 9.27. The normalized spacial score (nSPS) is 11.3. The van der Waals surface area contributed by atoms with E-state index in [0.29, 0.717) is 0 Å². The predicted octanol–water partition coefficient (Wildman–Crippen LogP) is 15.5. The first-order valence-electron chi connectivity index (χ1n) is 22.6. The number of benzene rings is 10. The molecule has 0 aliphatic carbocycles. The van der Waals surface area contributed by atoms with Crippen LogP contribution in [0.4, 0.5) is 34.1 Å². The van der Waals surface area contributed by atoms with Crippen LogP contribution in [0, 0.1) is 13.8 Å². The molecule has 2 nitrogen and oxygen atoms in total. The van der Waals surface area contributed by atoms with Crippen molar-refractivity contribution in [2.45, 2.75) is 13.8 Å². The van der Waals surface area contributed by atoms with Crippen molar-refractivity contribution < 1.29 is 0 Å². The molecule has 0 heterocycles. The molecular formula is C62H48Br2N2Si. The van der Waals surface area contributed by atoms with E-state index in [2.05, 4.69) is 310 Å². The molecule has 0 amide bonds. The number of rotatable bonds is 12. The van der Waals surface area contributed by atoms with Gasteiger partial charge in [-0.2, -0.15) is 0 Å². The molecule has 0 atom stereocenters. The maximum absolute atomic E-state index is 3.68. The third-order valence-corrected chi connectivity index (χ3v) is 18.6. The first-order valence-corrected chi connectivity index (χ1v) is 26.2. The van der Waals surface area contributed by atoms with E-state index < -0.39 is 8.07 Å². The van der Waals surface area contributed by atoms with Gasteiger partial charge in [-0.15, -0.1) is 0 Å². The number of nitrogens with zero attached hydrogens (tertiary/aromatic N) is 2. The van der Waals surface area contributed by atoms with Crippen LogP contribution in [0.2, 0.25) is 0 Å². The SMILES string of the molecule is Cc1ccc(-c2ccc(N(c3ccc(Br)cc3)c3ccc([Si](c4ccccc4)(c4ccccc4)c4ccc(N(c5ccc(Br)cc5)c5ccc(-c6ccc(C)cc6)cc5)cc4)cc3)cc2)cc1. The van der Waals surface area contributed by atoms with Crippen LogP contribution < -0.4 is 30.5 Å². The zero-order chi connectivity index (χ0) is 45.7. The number of aryl methyl sites for hydroxylation is 2. The van der Waals surface area contributed by atoms with Gasteiger partial charge in [-0.1, -0.05) is 201 Å². The van der Waals surface area contributed by atoms with Gasteiger partial charge in [-0.05, 0) is 154 Å². The standard InChI is InChI=1S/C62H48Br2N2Si/c1-45-13-17-47(18-14-45)49-21-29-53(30-22-49)65(55-33-25-51(63)26-34-55)57-37-41-61(42-38-57)67(59-9-5-3-6-10-59,60-11-7-4-8-12-60)62-43-39-58(40-44-62)66(56-35-27-52(64)28-36-56)54-31-23-50(24-32-54)48-19-15-46(2)16-20-48/h3-44H,1-2H3. The van der Waals surface area contributed by atoms with Gasteiger partial charge in [0.2, 0.25) is 0 Å². The van der Waals surface area contributed by atoms with E-state index in [1.54, 1.807) is 0 Å². The average Bonchev–Trinajstić information content (AvgIpc) is 3.38. The topological polar surface area (TPSA) is 6.48 Å². The highest BCUT2D eigenvalue weighted by Crippen LogP contribution is 2.38. The van der Waals surface area contributed by atoms with Crippen LogP contribution in [0.5, 0.6) is 0 Å². The predicted molar refractivity (Wildman–Crippen MR) is 295 cm³/mol. The first kappa shape index (κ1) is 43.8. The number of anilines is 6. The summed E-state index contributed by atoms with van der Waals surface area (Å²) in [5, 5.41) is 5.27. The lowest BCUT2D eigenvalue weighted by molar-refractivity contribution is 1.28. The van der Waals surface area contributed by atoms with Crippen LogP contribution >= 0.6 is 31.9 Å². The molecule has 0 spiro atoms. The summed E-state index contributed by atoms with van der Waals surface area (Å²) >= 11 is 7.36. The molecule has 0 N–H and O–H groups in total. The van der Waals surface area contributed by atoms with Crippen LogP contribution in [0.15, 0.2) is 264 Å². The van der Waals surface area contributed by atoms with Crippen molar-refractivity contribution in [3.05, 3.63) is 275 Å². The Hall–Kier alpha value is -7.02. The molecule has 10 rings (SSSR count). The van der Waals surface area contributed by atoms with E-state index in [1.165, 1.54) is 54.1 Å². The molecule has 0 saturated heterocycles. The zero-order valence-electron chi connectivity index (χ0n) is 37.4. The molecule has 324 valence electrons. The number of hydrogen-bond acceptors (Lipinski definition) is 2. The highest BCUT2D eigenvalue weighted by Gasteiger charge is 2.41. The minimum absolute atomic E-state index is 1.05. The molecule has 0 aromatic heterocycles. The van der Waals surface area contributed by atoms with E-state index in [9.17, 15) is 0 Å². The van der Waals surface area contributed by atoms with Crippen molar-refractivity contribution >= 4 is 94.8 Å². The molecule has 0 saturated carbocycles. The first-order chi connectivity index (χ1) is 32.8. The Balaban J connectivity index is 1.08. The number of hydrogen-bond donors (Lipinski definition) is 0. The molecule has 10 aromatic rings. The summed E-state index contributed by atoms with van der Waals surface area (Å²) in [6.45, 7) is 4.26. The van der Waals surface area contributed by atoms with Crippen molar-refractivity contribution in [3.63, 3.8) is 0 Å². The molecule has 0 aliphatic rings. The fourth-order valence-corrected chi connectivity index (χ4v) is 14.5. The third-order valence-electron chi connectivity index (χ3n) is 12.7. The largest absolute Gasteiger partial charge is 0.311 e. The van der Waals surface area contributed by atoms with Gasteiger partial charge in [0.15, 0.2) is 8.07 Å². The third kappa shape index (κ3) is 9.11. The van der Waals surface area contributed by atoms with Crippen LogP contribution in [0.1, 0.15) is 11.1 Å². The summed E-state index contributed by atoms with van der Waals surface area (Å²) in [6, 6.07) is 93.5. The maximum Gasteiger partial charge on any atom is 0.179 e. The van der Waals surface area contributed by atoms with Crippen molar-refractivity contribution in [1.82, 2.24) is 0 Å². The molecule has 5 heteroatoms. The van der Waals surface area contributed by atoms with Crippen molar-refractivity contribution in [2.24, 2.45) is 0 Å². The van der Waals surface area contributed by atoms with Gasteiger partial charge in [-0.25, -0.2) is 0 Å². The molecule has 0 fully saturated rings. The fraction of sp³-hybridized carbons (Fsp3) is 0.0323. The van der Waals surface area contributed by atoms with Gasteiger partial charge in [0, 0.05) is 43.1 Å². The molecule has 0 aliphatic heterocycles. The summed E-state index contributed by atoms with van der Waals surface area (Å²) < 4.78 is 2.09. The minimum atomic E-state index is -2.89. The summed E-state index contributed by atoms with van der Waals surface area (Å²) in [4.78, 5) is 4.70. The Morgan fingerprint density at radius 3 is 0.761 bits per heavy atom. The van der Waals surface area contributed by atoms with Crippen LogP contribution in [-0.4, -0.2) is 8.07 Å². The summed E-state index contributed by atoms with van der Waals surface area (Å²) in [6.07, 6.45) is 0. The molecular weight excluding hydrogens is 961 g/mol. The van der Waals surface area contributed by atoms with Crippen molar-refractivity contribution in [1.29, 1.82) is 0 Å². The quantitative estimate of drug-likeness (QED) is 0.0889. The smallest absolute Gasteiger partial charge is 0.179 e. The number of halogens is 2. The second-order valence-corrected chi connectivity index (χ2v) is 22.7. The molecule has 0 radical (unpaired) electrons. The second kappa shape index (κ2) is 19.4. The van der Waals surface area contributed by atoms with Gasteiger partial charge in [0.1, 0.15) is 0 Å². The summed E-state index contributed by atoms with van der Waals surface area (Å²) in [7, 11) is -2.89. The summed E-state index contributed by atoms with van der Waals surface area (Å²) in [5.41, 5.74) is 13.9. The van der Waals surface area contributed by atoms with Crippen molar-refractivity contribution in [2.75, 3.05) is 9.80 Å². The van der Waals surface area contributed by atoms with Gasteiger partial charge in [-0.3, -0.25) is 0 Å². The van der Waals surface area contributed by atoms with Crippen LogP contribution in [0.25, 0.3) is 22.3 Å². The van der Waals surface area contributed by atoms with E-state index in [4.69, 9.17) is 0 Å². The van der Waals surface area contributed by atoms with Crippen LogP contribution in [0.3, 0.4) is 0 Å². The lowest BCUT2D eigenvalue weighted by atomic mass is 10.0. The Morgan fingerprint density at radius 1 is 0.254 bits per heavy atom. The minimum Gasteiger partial charge on any atom is -0.311 e. The molecule has 0 bridgehead atoms. The van der Waals surface area contributed by atoms with E-state index in [0.717, 1.165) is 43.1 Å².